The summed E-state index contributed by atoms with van der Waals surface area (Å²) in [5, 5.41) is 10.2. The number of hydrogen-bond donors (Lipinski definition) is 1. The van der Waals surface area contributed by atoms with Crippen molar-refractivity contribution in [2.24, 2.45) is 11.3 Å². The molecule has 0 saturated heterocycles. The summed E-state index contributed by atoms with van der Waals surface area (Å²) in [7, 11) is 0. The zero-order valence-electron chi connectivity index (χ0n) is 12.6. The van der Waals surface area contributed by atoms with E-state index in [9.17, 15) is 18.3 Å². The normalized spacial score (nSPS) is 32.7. The van der Waals surface area contributed by atoms with Gasteiger partial charge in [-0.3, -0.25) is 4.90 Å². The van der Waals surface area contributed by atoms with Gasteiger partial charge in [0, 0.05) is 12.1 Å². The highest BCUT2D eigenvalue weighted by Gasteiger charge is 2.46. The van der Waals surface area contributed by atoms with Crippen LogP contribution in [0, 0.1) is 11.3 Å². The fraction of sp³-hybridized carbons (Fsp3) is 1.00. The first-order valence-corrected chi connectivity index (χ1v) is 7.58. The Bertz CT molecular complexity index is 333. The molecule has 118 valence electrons. The molecule has 0 radical (unpaired) electrons. The van der Waals surface area contributed by atoms with Crippen LogP contribution in [0.3, 0.4) is 0 Å². The van der Waals surface area contributed by atoms with Gasteiger partial charge in [0.1, 0.15) is 0 Å². The molecule has 2 fully saturated rings. The Labute approximate surface area is 119 Å². The fourth-order valence-electron chi connectivity index (χ4n) is 3.40. The second kappa shape index (κ2) is 5.48. The summed E-state index contributed by atoms with van der Waals surface area (Å²) in [6, 6.07) is -0.308. The first-order valence-electron chi connectivity index (χ1n) is 7.58. The summed E-state index contributed by atoms with van der Waals surface area (Å²) < 4.78 is 38.4. The van der Waals surface area contributed by atoms with Gasteiger partial charge in [0.05, 0.1) is 12.6 Å². The zero-order chi connectivity index (χ0) is 15.1. The molecular formula is C15H26F3NO. The molecule has 0 bridgehead atoms. The Morgan fingerprint density at radius 3 is 2.10 bits per heavy atom. The van der Waals surface area contributed by atoms with E-state index in [0.29, 0.717) is 18.8 Å². The van der Waals surface area contributed by atoms with Gasteiger partial charge < -0.3 is 5.11 Å². The summed E-state index contributed by atoms with van der Waals surface area (Å²) >= 11 is 0. The van der Waals surface area contributed by atoms with Crippen LogP contribution in [0.5, 0.6) is 0 Å². The van der Waals surface area contributed by atoms with E-state index in [-0.39, 0.29) is 17.5 Å². The highest BCUT2D eigenvalue weighted by Crippen LogP contribution is 2.42. The number of halogens is 3. The van der Waals surface area contributed by atoms with Crippen LogP contribution in [0.2, 0.25) is 0 Å². The van der Waals surface area contributed by atoms with Crippen molar-refractivity contribution in [1.29, 1.82) is 0 Å². The summed E-state index contributed by atoms with van der Waals surface area (Å²) in [5.41, 5.74) is 0.0891. The van der Waals surface area contributed by atoms with Crippen molar-refractivity contribution in [2.75, 3.05) is 6.54 Å². The average Bonchev–Trinajstić information content (AvgIpc) is 3.07. The smallest absolute Gasteiger partial charge is 0.391 e. The highest BCUT2D eigenvalue weighted by atomic mass is 19.4. The lowest BCUT2D eigenvalue weighted by molar-refractivity contribution is -0.162. The van der Waals surface area contributed by atoms with Gasteiger partial charge in [-0.05, 0) is 43.4 Å². The Morgan fingerprint density at radius 1 is 1.05 bits per heavy atom. The highest BCUT2D eigenvalue weighted by molar-refractivity contribution is 4.97. The molecule has 3 atom stereocenters. The monoisotopic (exact) mass is 293 g/mol. The second-order valence-corrected chi connectivity index (χ2v) is 7.53. The Morgan fingerprint density at radius 2 is 1.65 bits per heavy atom. The molecule has 0 heterocycles. The minimum absolute atomic E-state index is 0.0231. The Hall–Kier alpha value is -0.290. The molecule has 0 aromatic heterocycles. The van der Waals surface area contributed by atoms with Crippen LogP contribution in [0.15, 0.2) is 0 Å². The standard InChI is InChI=1S/C15H26F3NO/c1-14(2,3)10-4-7-13(20)12(8-10)19(11-5-6-11)9-15(16,17)18/h10-13,20H,4-9H2,1-3H3. The quantitative estimate of drug-likeness (QED) is 0.859. The molecule has 0 aliphatic heterocycles. The molecular weight excluding hydrogens is 267 g/mol. The van der Waals surface area contributed by atoms with E-state index in [0.717, 1.165) is 19.3 Å². The lowest BCUT2D eigenvalue weighted by Crippen LogP contribution is -2.52. The predicted octanol–water partition coefficient (Wildman–Crippen LogP) is 3.59. The van der Waals surface area contributed by atoms with Crippen LogP contribution < -0.4 is 0 Å². The van der Waals surface area contributed by atoms with Crippen molar-refractivity contribution in [3.05, 3.63) is 0 Å². The Balaban J connectivity index is 2.09. The van der Waals surface area contributed by atoms with E-state index in [4.69, 9.17) is 0 Å². The van der Waals surface area contributed by atoms with E-state index in [1.54, 1.807) is 0 Å². The maximum Gasteiger partial charge on any atom is 0.401 e. The first-order chi connectivity index (χ1) is 9.08. The van der Waals surface area contributed by atoms with Crippen LogP contribution in [0.25, 0.3) is 0 Å². The maximum absolute atomic E-state index is 12.8. The Kier molecular flexibility index (Phi) is 4.41. The van der Waals surface area contributed by atoms with Crippen molar-refractivity contribution >= 4 is 0 Å². The lowest BCUT2D eigenvalue weighted by atomic mass is 9.70. The van der Waals surface area contributed by atoms with Crippen molar-refractivity contribution in [3.63, 3.8) is 0 Å². The average molecular weight is 293 g/mol. The van der Waals surface area contributed by atoms with Crippen LogP contribution in [0.4, 0.5) is 13.2 Å². The molecule has 3 unspecified atom stereocenters. The first kappa shape index (κ1) is 16.1. The van der Waals surface area contributed by atoms with Gasteiger partial charge in [-0.1, -0.05) is 20.8 Å². The molecule has 2 nitrogen and oxygen atoms in total. The molecule has 0 aromatic rings. The molecule has 2 aliphatic carbocycles. The molecule has 0 aromatic carbocycles. The van der Waals surface area contributed by atoms with Crippen LogP contribution in [-0.4, -0.2) is 40.9 Å². The molecule has 2 saturated carbocycles. The van der Waals surface area contributed by atoms with Gasteiger partial charge in [-0.25, -0.2) is 0 Å². The zero-order valence-corrected chi connectivity index (χ0v) is 12.6. The molecule has 2 aliphatic rings. The third-order valence-electron chi connectivity index (χ3n) is 4.81. The van der Waals surface area contributed by atoms with Crippen LogP contribution in [-0.2, 0) is 0 Å². The molecule has 1 N–H and O–H groups in total. The predicted molar refractivity (Wildman–Crippen MR) is 72.4 cm³/mol. The van der Waals surface area contributed by atoms with Crippen LogP contribution >= 0.6 is 0 Å². The van der Waals surface area contributed by atoms with E-state index in [1.807, 2.05) is 0 Å². The lowest BCUT2D eigenvalue weighted by Gasteiger charge is -2.45. The summed E-state index contributed by atoms with van der Waals surface area (Å²) in [4.78, 5) is 1.53. The molecule has 20 heavy (non-hydrogen) atoms. The van der Waals surface area contributed by atoms with Crippen molar-refractivity contribution in [3.8, 4) is 0 Å². The number of aliphatic hydroxyl groups excluding tert-OH is 1. The molecule has 0 spiro atoms. The van der Waals surface area contributed by atoms with Crippen molar-refractivity contribution in [2.45, 2.75) is 77.2 Å². The summed E-state index contributed by atoms with van der Waals surface area (Å²) in [5.74, 6) is 0.380. The molecule has 0 amide bonds. The SMILES string of the molecule is CC(C)(C)C1CCC(O)C(N(CC(F)(F)F)C2CC2)C1. The minimum atomic E-state index is -4.18. The summed E-state index contributed by atoms with van der Waals surface area (Å²) in [6.07, 6.45) is -0.927. The van der Waals surface area contributed by atoms with E-state index in [2.05, 4.69) is 20.8 Å². The number of nitrogens with zero attached hydrogens (tertiary/aromatic N) is 1. The van der Waals surface area contributed by atoms with Crippen molar-refractivity contribution in [1.82, 2.24) is 4.90 Å². The number of hydrogen-bond acceptors (Lipinski definition) is 2. The van der Waals surface area contributed by atoms with Gasteiger partial charge >= 0.3 is 6.18 Å². The van der Waals surface area contributed by atoms with Crippen molar-refractivity contribution < 1.29 is 18.3 Å². The summed E-state index contributed by atoms with van der Waals surface area (Å²) in [6.45, 7) is 5.53. The molecule has 2 rings (SSSR count). The van der Waals surface area contributed by atoms with Gasteiger partial charge in [0.2, 0.25) is 0 Å². The van der Waals surface area contributed by atoms with Crippen LogP contribution in [0.1, 0.15) is 52.9 Å². The second-order valence-electron chi connectivity index (χ2n) is 7.53. The number of rotatable bonds is 3. The number of aliphatic hydroxyl groups is 1. The fourth-order valence-corrected chi connectivity index (χ4v) is 3.40. The minimum Gasteiger partial charge on any atom is -0.391 e. The van der Waals surface area contributed by atoms with Gasteiger partial charge in [-0.15, -0.1) is 0 Å². The van der Waals surface area contributed by atoms with Gasteiger partial charge in [0.15, 0.2) is 0 Å². The van der Waals surface area contributed by atoms with Gasteiger partial charge in [-0.2, -0.15) is 13.2 Å². The third-order valence-corrected chi connectivity index (χ3v) is 4.81. The van der Waals surface area contributed by atoms with E-state index >= 15 is 0 Å². The van der Waals surface area contributed by atoms with E-state index in [1.165, 1.54) is 4.90 Å². The maximum atomic E-state index is 12.8. The molecule has 5 heteroatoms. The topological polar surface area (TPSA) is 23.5 Å². The van der Waals surface area contributed by atoms with E-state index < -0.39 is 18.8 Å². The largest absolute Gasteiger partial charge is 0.401 e. The number of alkyl halides is 3. The van der Waals surface area contributed by atoms with Gasteiger partial charge in [0.25, 0.3) is 0 Å². The third kappa shape index (κ3) is 4.10.